The van der Waals surface area contributed by atoms with Crippen molar-refractivity contribution in [2.45, 2.75) is 46.1 Å². The molecule has 0 spiro atoms. The van der Waals surface area contributed by atoms with Crippen LogP contribution < -0.4 is 15.8 Å². The normalized spacial score (nSPS) is 15.6. The Morgan fingerprint density at radius 1 is 1.38 bits per heavy atom. The van der Waals surface area contributed by atoms with Crippen molar-refractivity contribution >= 4 is 5.91 Å². The lowest BCUT2D eigenvalue weighted by Gasteiger charge is -2.16. The predicted molar refractivity (Wildman–Crippen MR) is 84.5 cm³/mol. The second-order valence-corrected chi connectivity index (χ2v) is 6.05. The first kappa shape index (κ1) is 15.8. The van der Waals surface area contributed by atoms with Crippen LogP contribution >= 0.6 is 0 Å². The summed E-state index contributed by atoms with van der Waals surface area (Å²) < 4.78 is 5.77. The van der Waals surface area contributed by atoms with Crippen molar-refractivity contribution in [1.29, 1.82) is 0 Å². The summed E-state index contributed by atoms with van der Waals surface area (Å²) in [6, 6.07) is 4.30. The monoisotopic (exact) mass is 290 g/mol. The highest BCUT2D eigenvalue weighted by Crippen LogP contribution is 2.32. The highest BCUT2D eigenvalue weighted by molar-refractivity contribution is 5.76. The molecule has 4 heteroatoms. The van der Waals surface area contributed by atoms with Gasteiger partial charge in [0.15, 0.2) is 0 Å². The van der Waals surface area contributed by atoms with Gasteiger partial charge in [-0.1, -0.05) is 6.07 Å². The van der Waals surface area contributed by atoms with Crippen molar-refractivity contribution in [3.05, 3.63) is 28.8 Å². The standard InChI is InChI=1S/C17H26N2O2/c1-11-8-12(2)13(3)16(9-11)21-7-6-17(20)19-15(10-18)14-4-5-14/h8-9,14-15H,4-7,10,18H2,1-3H3,(H,19,20). The van der Waals surface area contributed by atoms with E-state index in [0.29, 0.717) is 25.5 Å². The summed E-state index contributed by atoms with van der Waals surface area (Å²) >= 11 is 0. The van der Waals surface area contributed by atoms with Crippen molar-refractivity contribution < 1.29 is 9.53 Å². The van der Waals surface area contributed by atoms with Crippen molar-refractivity contribution in [3.63, 3.8) is 0 Å². The summed E-state index contributed by atoms with van der Waals surface area (Å²) in [5.74, 6) is 1.48. The predicted octanol–water partition coefficient (Wildman–Crippen LogP) is 2.23. The van der Waals surface area contributed by atoms with E-state index in [2.05, 4.69) is 18.3 Å². The average molecular weight is 290 g/mol. The minimum Gasteiger partial charge on any atom is -0.493 e. The van der Waals surface area contributed by atoms with E-state index in [9.17, 15) is 4.79 Å². The maximum atomic E-state index is 11.9. The molecule has 2 rings (SSSR count). The number of carbonyl (C=O) groups is 1. The van der Waals surface area contributed by atoms with E-state index < -0.39 is 0 Å². The Morgan fingerprint density at radius 2 is 2.10 bits per heavy atom. The molecule has 1 unspecified atom stereocenters. The Hall–Kier alpha value is -1.55. The van der Waals surface area contributed by atoms with Gasteiger partial charge in [-0.2, -0.15) is 0 Å². The molecule has 0 saturated heterocycles. The number of hydrogen-bond donors (Lipinski definition) is 2. The zero-order valence-electron chi connectivity index (χ0n) is 13.2. The van der Waals surface area contributed by atoms with Crippen LogP contribution in [0, 0.1) is 26.7 Å². The van der Waals surface area contributed by atoms with Gasteiger partial charge >= 0.3 is 0 Å². The summed E-state index contributed by atoms with van der Waals surface area (Å²) in [4.78, 5) is 11.9. The molecule has 0 radical (unpaired) electrons. The number of nitrogens with one attached hydrogen (secondary N) is 1. The van der Waals surface area contributed by atoms with Crippen LogP contribution in [0.3, 0.4) is 0 Å². The fourth-order valence-corrected chi connectivity index (χ4v) is 2.55. The van der Waals surface area contributed by atoms with Gasteiger partial charge in [-0.15, -0.1) is 0 Å². The molecule has 1 aliphatic rings. The van der Waals surface area contributed by atoms with E-state index in [1.54, 1.807) is 0 Å². The molecular weight excluding hydrogens is 264 g/mol. The number of aryl methyl sites for hydroxylation is 2. The van der Waals surface area contributed by atoms with Crippen LogP contribution in [0.5, 0.6) is 5.75 Å². The van der Waals surface area contributed by atoms with Crippen LogP contribution in [-0.4, -0.2) is 25.1 Å². The third-order valence-corrected chi connectivity index (χ3v) is 4.14. The van der Waals surface area contributed by atoms with Crippen LogP contribution in [0.25, 0.3) is 0 Å². The van der Waals surface area contributed by atoms with Crippen molar-refractivity contribution in [2.24, 2.45) is 11.7 Å². The summed E-state index contributed by atoms with van der Waals surface area (Å²) in [7, 11) is 0. The molecule has 0 aliphatic heterocycles. The number of carbonyl (C=O) groups excluding carboxylic acids is 1. The van der Waals surface area contributed by atoms with Gasteiger partial charge < -0.3 is 15.8 Å². The van der Waals surface area contributed by atoms with E-state index >= 15 is 0 Å². The maximum absolute atomic E-state index is 11.9. The lowest BCUT2D eigenvalue weighted by molar-refractivity contribution is -0.122. The Bertz CT molecular complexity index is 510. The summed E-state index contributed by atoms with van der Waals surface area (Å²) in [6.07, 6.45) is 2.73. The largest absolute Gasteiger partial charge is 0.493 e. The number of ether oxygens (including phenoxy) is 1. The van der Waals surface area contributed by atoms with E-state index in [0.717, 1.165) is 11.3 Å². The second kappa shape index (κ2) is 6.94. The summed E-state index contributed by atoms with van der Waals surface area (Å²) in [6.45, 7) is 7.09. The molecule has 4 nitrogen and oxygen atoms in total. The van der Waals surface area contributed by atoms with Crippen molar-refractivity contribution in [3.8, 4) is 5.75 Å². The Kier molecular flexibility index (Phi) is 5.23. The van der Waals surface area contributed by atoms with Crippen LogP contribution in [0.4, 0.5) is 0 Å². The molecule has 1 atom stereocenters. The Morgan fingerprint density at radius 3 is 2.71 bits per heavy atom. The van der Waals surface area contributed by atoms with Crippen LogP contribution in [0.15, 0.2) is 12.1 Å². The molecule has 3 N–H and O–H groups in total. The molecule has 1 aromatic rings. The maximum Gasteiger partial charge on any atom is 0.223 e. The van der Waals surface area contributed by atoms with E-state index in [1.807, 2.05) is 19.9 Å². The van der Waals surface area contributed by atoms with Gasteiger partial charge in [-0.25, -0.2) is 0 Å². The number of amides is 1. The summed E-state index contributed by atoms with van der Waals surface area (Å²) in [5, 5.41) is 3.01. The molecule has 1 aliphatic carbocycles. The number of nitrogens with two attached hydrogens (primary N) is 1. The highest BCUT2D eigenvalue weighted by atomic mass is 16.5. The number of hydrogen-bond acceptors (Lipinski definition) is 3. The molecule has 0 heterocycles. The second-order valence-electron chi connectivity index (χ2n) is 6.05. The lowest BCUT2D eigenvalue weighted by atomic mass is 10.1. The molecule has 0 aromatic heterocycles. The highest BCUT2D eigenvalue weighted by Gasteiger charge is 2.31. The molecule has 1 fully saturated rings. The minimum atomic E-state index is 0.0272. The van der Waals surface area contributed by atoms with Crippen molar-refractivity contribution in [1.82, 2.24) is 5.32 Å². The van der Waals surface area contributed by atoms with Gasteiger partial charge in [-0.3, -0.25) is 4.79 Å². The van der Waals surface area contributed by atoms with Gasteiger partial charge in [0.05, 0.1) is 13.0 Å². The molecule has 21 heavy (non-hydrogen) atoms. The Balaban J connectivity index is 1.80. The van der Waals surface area contributed by atoms with Crippen LogP contribution in [-0.2, 0) is 4.79 Å². The smallest absolute Gasteiger partial charge is 0.223 e. The topological polar surface area (TPSA) is 64.3 Å². The molecule has 1 saturated carbocycles. The van der Waals surface area contributed by atoms with E-state index in [-0.39, 0.29) is 11.9 Å². The number of benzene rings is 1. The zero-order chi connectivity index (χ0) is 15.4. The zero-order valence-corrected chi connectivity index (χ0v) is 13.2. The van der Waals surface area contributed by atoms with E-state index in [1.165, 1.54) is 24.0 Å². The summed E-state index contributed by atoms with van der Waals surface area (Å²) in [5.41, 5.74) is 9.22. The van der Waals surface area contributed by atoms with Gasteiger partial charge in [0.2, 0.25) is 5.91 Å². The lowest BCUT2D eigenvalue weighted by Crippen LogP contribution is -2.42. The molecule has 1 aromatic carbocycles. The SMILES string of the molecule is Cc1cc(C)c(C)c(OCCC(=O)NC(CN)C2CC2)c1. The van der Waals surface area contributed by atoms with Gasteiger partial charge in [0, 0.05) is 12.6 Å². The quantitative estimate of drug-likeness (QED) is 0.809. The van der Waals surface area contributed by atoms with Gasteiger partial charge in [-0.05, 0) is 62.3 Å². The minimum absolute atomic E-state index is 0.0272. The van der Waals surface area contributed by atoms with E-state index in [4.69, 9.17) is 10.5 Å². The third-order valence-electron chi connectivity index (χ3n) is 4.14. The fourth-order valence-electron chi connectivity index (χ4n) is 2.55. The molecular formula is C17H26N2O2. The van der Waals surface area contributed by atoms with Crippen molar-refractivity contribution in [2.75, 3.05) is 13.2 Å². The first-order valence-corrected chi connectivity index (χ1v) is 7.71. The first-order valence-electron chi connectivity index (χ1n) is 7.71. The molecule has 116 valence electrons. The fraction of sp³-hybridized carbons (Fsp3) is 0.588. The third kappa shape index (κ3) is 4.46. The van der Waals surface area contributed by atoms with Crippen LogP contribution in [0.1, 0.15) is 36.0 Å². The Labute approximate surface area is 127 Å². The van der Waals surface area contributed by atoms with Crippen LogP contribution in [0.2, 0.25) is 0 Å². The number of rotatable bonds is 7. The molecule has 1 amide bonds. The van der Waals surface area contributed by atoms with Gasteiger partial charge in [0.25, 0.3) is 0 Å². The molecule has 0 bridgehead atoms. The average Bonchev–Trinajstić information content (AvgIpc) is 3.25. The first-order chi connectivity index (χ1) is 10.0. The van der Waals surface area contributed by atoms with Gasteiger partial charge in [0.1, 0.15) is 5.75 Å².